The molecular formula is C40H36Br2N4O4. The summed E-state index contributed by atoms with van der Waals surface area (Å²) in [6.07, 6.45) is 6.97. The average Bonchev–Trinajstić information content (AvgIpc) is 3.61. The Morgan fingerprint density at radius 1 is 0.580 bits per heavy atom. The number of hydrogen-bond donors (Lipinski definition) is 0. The van der Waals surface area contributed by atoms with E-state index in [1.54, 1.807) is 24.0 Å². The molecule has 0 aromatic heterocycles. The molecule has 2 heterocycles. The number of hydrogen-bond acceptors (Lipinski definition) is 6. The molecule has 0 fully saturated rings. The van der Waals surface area contributed by atoms with Crippen LogP contribution in [0.3, 0.4) is 0 Å². The number of methoxy groups -OCH3 is 2. The third kappa shape index (κ3) is 8.31. The molecule has 0 unspecified atom stereocenters. The van der Waals surface area contributed by atoms with Crippen molar-refractivity contribution in [1.82, 2.24) is 9.80 Å². The predicted molar refractivity (Wildman–Crippen MR) is 205 cm³/mol. The first-order valence-electron chi connectivity index (χ1n) is 16.4. The van der Waals surface area contributed by atoms with Gasteiger partial charge in [0.05, 0.1) is 14.2 Å². The minimum absolute atomic E-state index is 0.121. The van der Waals surface area contributed by atoms with Crippen LogP contribution in [0.25, 0.3) is 12.2 Å². The fourth-order valence-corrected chi connectivity index (χ4v) is 6.62. The Labute approximate surface area is 309 Å². The molecule has 0 N–H and O–H groups in total. The fraction of sp³-hybridized carbons (Fsp3) is 0.200. The summed E-state index contributed by atoms with van der Waals surface area (Å²) in [5, 5.41) is 0. The second kappa shape index (κ2) is 16.3. The lowest BCUT2D eigenvalue weighted by molar-refractivity contribution is -0.123. The van der Waals surface area contributed by atoms with Crippen molar-refractivity contribution in [3.8, 4) is 11.5 Å². The van der Waals surface area contributed by atoms with E-state index in [1.807, 2.05) is 109 Å². The molecule has 0 radical (unpaired) electrons. The highest BCUT2D eigenvalue weighted by molar-refractivity contribution is 9.10. The smallest absolute Gasteiger partial charge is 0.278 e. The molecule has 6 rings (SSSR count). The summed E-state index contributed by atoms with van der Waals surface area (Å²) in [6.45, 7) is 1.07. The van der Waals surface area contributed by atoms with Gasteiger partial charge in [0, 0.05) is 33.2 Å². The van der Waals surface area contributed by atoms with Crippen LogP contribution in [0.4, 0.5) is 0 Å². The summed E-state index contributed by atoms with van der Waals surface area (Å²) < 4.78 is 12.4. The number of benzene rings is 4. The van der Waals surface area contributed by atoms with Crippen molar-refractivity contribution in [3.63, 3.8) is 0 Å². The van der Waals surface area contributed by atoms with Crippen molar-refractivity contribution >= 4 is 67.5 Å². The standard InChI is InChI=1S/C40H36Br2N4O4/c1-49-33-17-13-27(14-18-33)23-35-39(47)45(37(43-35)29-9-7-11-31(41)25-29)21-5-3-4-6-22-46-38(30-10-8-12-32(42)26-30)44-36(40(46)48)24-28-15-19-34(50-2)20-16-28/h7-20,23-26H,3-6,21-22H2,1-2H3. The van der Waals surface area contributed by atoms with Gasteiger partial charge in [0.15, 0.2) is 0 Å². The summed E-state index contributed by atoms with van der Waals surface area (Å²) >= 11 is 7.11. The largest absolute Gasteiger partial charge is 0.497 e. The van der Waals surface area contributed by atoms with Crippen LogP contribution in [-0.2, 0) is 9.59 Å². The first kappa shape index (κ1) is 35.0. The zero-order chi connectivity index (χ0) is 35.0. The Hall–Kier alpha value is -4.80. The molecule has 8 nitrogen and oxygen atoms in total. The zero-order valence-electron chi connectivity index (χ0n) is 27.8. The molecule has 0 saturated carbocycles. The van der Waals surface area contributed by atoms with Gasteiger partial charge in [-0.2, -0.15) is 0 Å². The molecule has 0 saturated heterocycles. The molecule has 0 aliphatic carbocycles. The van der Waals surface area contributed by atoms with Crippen LogP contribution in [0, 0.1) is 0 Å². The molecule has 0 bridgehead atoms. The van der Waals surface area contributed by atoms with Crippen LogP contribution in [0.15, 0.2) is 127 Å². The molecule has 2 amide bonds. The Balaban J connectivity index is 1.10. The van der Waals surface area contributed by atoms with Gasteiger partial charge in [0.25, 0.3) is 11.8 Å². The first-order valence-corrected chi connectivity index (χ1v) is 18.0. The lowest BCUT2D eigenvalue weighted by Gasteiger charge is -2.20. The second-order valence-electron chi connectivity index (χ2n) is 11.8. The van der Waals surface area contributed by atoms with Crippen LogP contribution in [0.2, 0.25) is 0 Å². The molecule has 4 aromatic carbocycles. The fourth-order valence-electron chi connectivity index (χ4n) is 5.82. The van der Waals surface area contributed by atoms with E-state index in [9.17, 15) is 9.59 Å². The van der Waals surface area contributed by atoms with Crippen molar-refractivity contribution in [2.24, 2.45) is 9.98 Å². The zero-order valence-corrected chi connectivity index (χ0v) is 31.0. The molecule has 50 heavy (non-hydrogen) atoms. The quantitative estimate of drug-likeness (QED) is 0.100. The number of carbonyl (C=O) groups excluding carboxylic acids is 2. The molecule has 0 spiro atoms. The van der Waals surface area contributed by atoms with Gasteiger partial charge >= 0.3 is 0 Å². The van der Waals surface area contributed by atoms with E-state index in [-0.39, 0.29) is 11.8 Å². The number of ether oxygens (including phenoxy) is 2. The van der Waals surface area contributed by atoms with Gasteiger partial charge in [0.2, 0.25) is 0 Å². The number of nitrogens with zero attached hydrogens (tertiary/aromatic N) is 4. The maximum Gasteiger partial charge on any atom is 0.278 e. The molecule has 0 atom stereocenters. The van der Waals surface area contributed by atoms with Crippen LogP contribution >= 0.6 is 31.9 Å². The van der Waals surface area contributed by atoms with Gasteiger partial charge in [-0.1, -0.05) is 93.2 Å². The first-order chi connectivity index (χ1) is 24.3. The molecular weight excluding hydrogens is 760 g/mol. The summed E-state index contributed by atoms with van der Waals surface area (Å²) in [6, 6.07) is 30.8. The van der Waals surface area contributed by atoms with Gasteiger partial charge in [0.1, 0.15) is 34.6 Å². The van der Waals surface area contributed by atoms with Crippen LogP contribution in [-0.4, -0.2) is 60.6 Å². The minimum atomic E-state index is -0.121. The minimum Gasteiger partial charge on any atom is -0.497 e. The summed E-state index contributed by atoms with van der Waals surface area (Å²) in [4.78, 5) is 40.4. The van der Waals surface area contributed by atoms with Gasteiger partial charge in [-0.3, -0.25) is 19.4 Å². The number of aliphatic imine (C=N–C) groups is 2. The van der Waals surface area contributed by atoms with E-state index in [2.05, 4.69) is 31.9 Å². The summed E-state index contributed by atoms with van der Waals surface area (Å²) in [5.41, 5.74) is 4.29. The maximum absolute atomic E-state index is 13.7. The van der Waals surface area contributed by atoms with Crippen molar-refractivity contribution < 1.29 is 19.1 Å². The summed E-state index contributed by atoms with van der Waals surface area (Å²) in [7, 11) is 3.25. The third-order valence-electron chi connectivity index (χ3n) is 8.41. The van der Waals surface area contributed by atoms with Crippen molar-refractivity contribution in [1.29, 1.82) is 0 Å². The number of amidine groups is 2. The van der Waals surface area contributed by atoms with Gasteiger partial charge < -0.3 is 9.47 Å². The molecule has 254 valence electrons. The number of rotatable bonds is 13. The normalized spacial score (nSPS) is 16.0. The van der Waals surface area contributed by atoms with Crippen molar-refractivity contribution in [2.75, 3.05) is 27.3 Å². The van der Waals surface area contributed by atoms with Crippen molar-refractivity contribution in [2.45, 2.75) is 25.7 Å². The Morgan fingerprint density at radius 2 is 0.980 bits per heavy atom. The van der Waals surface area contributed by atoms with E-state index in [4.69, 9.17) is 19.5 Å². The van der Waals surface area contributed by atoms with E-state index in [1.165, 1.54) is 0 Å². The number of unbranched alkanes of at least 4 members (excludes halogenated alkanes) is 3. The number of halogens is 2. The van der Waals surface area contributed by atoms with Gasteiger partial charge in [-0.15, -0.1) is 0 Å². The van der Waals surface area contributed by atoms with Crippen LogP contribution in [0.5, 0.6) is 11.5 Å². The van der Waals surface area contributed by atoms with Crippen LogP contribution in [0.1, 0.15) is 47.9 Å². The molecule has 10 heteroatoms. The van der Waals surface area contributed by atoms with Gasteiger partial charge in [-0.05, 0) is 84.7 Å². The Morgan fingerprint density at radius 3 is 1.34 bits per heavy atom. The molecule has 2 aliphatic heterocycles. The van der Waals surface area contributed by atoms with Gasteiger partial charge in [-0.25, -0.2) is 9.98 Å². The summed E-state index contributed by atoms with van der Waals surface area (Å²) in [5.74, 6) is 2.55. The second-order valence-corrected chi connectivity index (χ2v) is 13.7. The highest BCUT2D eigenvalue weighted by Crippen LogP contribution is 2.27. The SMILES string of the molecule is COc1ccc(C=C2N=C(c3cccc(Br)c3)N(CCCCCCN3C(=O)C(=Cc4ccc(OC)cc4)N=C3c3cccc(Br)c3)C2=O)cc1. The van der Waals surface area contributed by atoms with E-state index in [0.717, 1.165) is 68.4 Å². The van der Waals surface area contributed by atoms with E-state index >= 15 is 0 Å². The van der Waals surface area contributed by atoms with E-state index in [0.29, 0.717) is 36.2 Å². The highest BCUT2D eigenvalue weighted by Gasteiger charge is 2.32. The topological polar surface area (TPSA) is 83.8 Å². The predicted octanol–water partition coefficient (Wildman–Crippen LogP) is 8.75. The third-order valence-corrected chi connectivity index (χ3v) is 9.40. The molecule has 2 aliphatic rings. The molecule has 4 aromatic rings. The Bertz CT molecular complexity index is 1860. The van der Waals surface area contributed by atoms with E-state index < -0.39 is 0 Å². The average molecular weight is 797 g/mol. The van der Waals surface area contributed by atoms with Crippen molar-refractivity contribution in [3.05, 3.63) is 140 Å². The lowest BCUT2D eigenvalue weighted by atomic mass is 10.1. The highest BCUT2D eigenvalue weighted by atomic mass is 79.9. The van der Waals surface area contributed by atoms with Crippen LogP contribution < -0.4 is 9.47 Å². The lowest BCUT2D eigenvalue weighted by Crippen LogP contribution is -2.34. The number of amides is 2. The monoisotopic (exact) mass is 794 g/mol. The Kier molecular flexibility index (Phi) is 11.4. The maximum atomic E-state index is 13.7. The number of carbonyl (C=O) groups is 2.